The first-order valence-corrected chi connectivity index (χ1v) is 14.4. The van der Waals surface area contributed by atoms with E-state index in [0.717, 1.165) is 19.4 Å². The summed E-state index contributed by atoms with van der Waals surface area (Å²) in [4.78, 5) is 34.6. The highest BCUT2D eigenvalue weighted by Crippen LogP contribution is 2.48. The Hall–Kier alpha value is -2.96. The number of amides is 2. The van der Waals surface area contributed by atoms with E-state index in [1.54, 1.807) is 0 Å². The molecule has 0 radical (unpaired) electrons. The number of piperazine rings is 1. The summed E-state index contributed by atoms with van der Waals surface area (Å²) >= 11 is 1.83. The molecule has 3 unspecified atom stereocenters. The topological polar surface area (TPSA) is 43.9 Å². The zero-order valence-corrected chi connectivity index (χ0v) is 22.5. The number of hydrogen-bond donors (Lipinski definition) is 0. The lowest BCUT2D eigenvalue weighted by Crippen LogP contribution is -2.57. The Bertz CT molecular complexity index is 1270. The lowest BCUT2D eigenvalue weighted by atomic mass is 9.92. The maximum atomic E-state index is 13.5. The van der Waals surface area contributed by atoms with Crippen molar-refractivity contribution in [2.24, 2.45) is 5.92 Å². The van der Waals surface area contributed by atoms with Gasteiger partial charge in [-0.05, 0) is 60.7 Å². The van der Waals surface area contributed by atoms with Crippen LogP contribution in [0.1, 0.15) is 52.4 Å². The van der Waals surface area contributed by atoms with Crippen LogP contribution in [-0.4, -0.2) is 65.3 Å². The summed E-state index contributed by atoms with van der Waals surface area (Å²) in [6, 6.07) is 21.5. The predicted octanol–water partition coefficient (Wildman–Crippen LogP) is 4.87. The SMILES string of the molecule is Cc1ccc(C2c3ccsc3CCN2CC(=O)N2CCN(C(=O)C3C[C@H]3c3ccccc3)C(C)C2)cc1. The van der Waals surface area contributed by atoms with E-state index in [1.165, 1.54) is 27.1 Å². The number of hydrogen-bond acceptors (Lipinski definition) is 4. The molecule has 0 N–H and O–H groups in total. The number of thiophene rings is 1. The molecular formula is C31H35N3O2S. The Kier molecular flexibility index (Phi) is 6.63. The Morgan fingerprint density at radius 1 is 0.946 bits per heavy atom. The van der Waals surface area contributed by atoms with E-state index in [9.17, 15) is 9.59 Å². The molecule has 1 aliphatic carbocycles. The molecule has 37 heavy (non-hydrogen) atoms. The van der Waals surface area contributed by atoms with E-state index in [4.69, 9.17) is 0 Å². The van der Waals surface area contributed by atoms with Crippen LogP contribution >= 0.6 is 11.3 Å². The second kappa shape index (κ2) is 10.1. The van der Waals surface area contributed by atoms with Gasteiger partial charge in [0.1, 0.15) is 0 Å². The number of carbonyl (C=O) groups excluding carboxylic acids is 2. The Labute approximate surface area is 223 Å². The molecule has 1 aromatic heterocycles. The predicted molar refractivity (Wildman–Crippen MR) is 148 cm³/mol. The monoisotopic (exact) mass is 513 g/mol. The molecule has 2 fully saturated rings. The van der Waals surface area contributed by atoms with Crippen molar-refractivity contribution < 1.29 is 9.59 Å². The van der Waals surface area contributed by atoms with Crippen LogP contribution in [0.3, 0.4) is 0 Å². The van der Waals surface area contributed by atoms with Crippen LogP contribution in [0.4, 0.5) is 0 Å². The molecule has 3 aromatic rings. The molecule has 1 saturated carbocycles. The van der Waals surface area contributed by atoms with Gasteiger partial charge in [-0.3, -0.25) is 14.5 Å². The summed E-state index contributed by atoms with van der Waals surface area (Å²) in [6.45, 7) is 7.34. The van der Waals surface area contributed by atoms with Crippen molar-refractivity contribution in [2.75, 3.05) is 32.7 Å². The number of rotatable bonds is 5. The first-order chi connectivity index (χ1) is 18.0. The van der Waals surface area contributed by atoms with Gasteiger partial charge in [0.05, 0.1) is 12.6 Å². The molecule has 0 bridgehead atoms. The van der Waals surface area contributed by atoms with E-state index in [2.05, 4.69) is 66.6 Å². The van der Waals surface area contributed by atoms with Crippen molar-refractivity contribution in [3.8, 4) is 0 Å². The molecular weight excluding hydrogens is 478 g/mol. The Morgan fingerprint density at radius 3 is 2.49 bits per heavy atom. The van der Waals surface area contributed by atoms with E-state index in [1.807, 2.05) is 39.3 Å². The number of nitrogens with zero attached hydrogens (tertiary/aromatic N) is 3. The van der Waals surface area contributed by atoms with Crippen molar-refractivity contribution in [1.82, 2.24) is 14.7 Å². The first-order valence-electron chi connectivity index (χ1n) is 13.5. The van der Waals surface area contributed by atoms with Gasteiger partial charge in [0.15, 0.2) is 0 Å². The molecule has 2 aliphatic heterocycles. The minimum Gasteiger partial charge on any atom is -0.338 e. The van der Waals surface area contributed by atoms with E-state index in [0.29, 0.717) is 32.1 Å². The van der Waals surface area contributed by atoms with Gasteiger partial charge in [-0.2, -0.15) is 0 Å². The molecule has 3 aliphatic rings. The molecule has 3 heterocycles. The lowest BCUT2D eigenvalue weighted by molar-refractivity contribution is -0.144. The van der Waals surface area contributed by atoms with Gasteiger partial charge in [0.25, 0.3) is 0 Å². The van der Waals surface area contributed by atoms with Crippen molar-refractivity contribution >= 4 is 23.2 Å². The van der Waals surface area contributed by atoms with Crippen LogP contribution in [0.5, 0.6) is 0 Å². The number of benzene rings is 2. The second-order valence-corrected chi connectivity index (χ2v) is 11.9. The fourth-order valence-corrected chi connectivity index (χ4v) is 7.12. The highest BCUT2D eigenvalue weighted by molar-refractivity contribution is 7.10. The van der Waals surface area contributed by atoms with Gasteiger partial charge in [-0.15, -0.1) is 11.3 Å². The van der Waals surface area contributed by atoms with Gasteiger partial charge in [-0.1, -0.05) is 60.2 Å². The number of carbonyl (C=O) groups is 2. The fourth-order valence-electron chi connectivity index (χ4n) is 6.21. The third-order valence-electron chi connectivity index (χ3n) is 8.40. The molecule has 2 aromatic carbocycles. The zero-order valence-electron chi connectivity index (χ0n) is 21.7. The summed E-state index contributed by atoms with van der Waals surface area (Å²) in [5.74, 6) is 0.869. The lowest BCUT2D eigenvalue weighted by Gasteiger charge is -2.42. The standard InChI is InChI=1S/C31H35N3O2S/c1-21-8-10-24(11-9-21)30-25-13-17-37-28(25)12-14-33(30)20-29(35)32-15-16-34(22(2)19-32)31(36)27-18-26(27)23-6-4-3-5-7-23/h3-11,13,17,22,26-27,30H,12,14-16,18-20H2,1-2H3/t22?,26-,27?,30?/m0/s1. The normalized spacial score (nSPS) is 25.6. The van der Waals surface area contributed by atoms with Crippen molar-refractivity contribution in [3.05, 3.63) is 93.2 Å². The van der Waals surface area contributed by atoms with Crippen LogP contribution in [0, 0.1) is 12.8 Å². The van der Waals surface area contributed by atoms with Crippen LogP contribution in [-0.2, 0) is 16.0 Å². The molecule has 6 heteroatoms. The minimum atomic E-state index is 0.0416. The molecule has 1 saturated heterocycles. The highest BCUT2D eigenvalue weighted by Gasteiger charge is 2.47. The van der Waals surface area contributed by atoms with Crippen LogP contribution in [0.25, 0.3) is 0 Å². The molecule has 192 valence electrons. The van der Waals surface area contributed by atoms with E-state index >= 15 is 0 Å². The summed E-state index contributed by atoms with van der Waals surface area (Å²) in [5.41, 5.74) is 5.10. The number of fused-ring (bicyclic) bond motifs is 1. The minimum absolute atomic E-state index is 0.0416. The largest absolute Gasteiger partial charge is 0.338 e. The third kappa shape index (κ3) is 4.85. The molecule has 5 nitrogen and oxygen atoms in total. The van der Waals surface area contributed by atoms with Gasteiger partial charge >= 0.3 is 0 Å². The van der Waals surface area contributed by atoms with Crippen LogP contribution in [0.2, 0.25) is 0 Å². The number of aryl methyl sites for hydroxylation is 1. The summed E-state index contributed by atoms with van der Waals surface area (Å²) < 4.78 is 0. The summed E-state index contributed by atoms with van der Waals surface area (Å²) in [6.07, 6.45) is 1.93. The van der Waals surface area contributed by atoms with Gasteiger partial charge in [-0.25, -0.2) is 0 Å². The second-order valence-electron chi connectivity index (χ2n) is 10.9. The van der Waals surface area contributed by atoms with Crippen molar-refractivity contribution in [2.45, 2.75) is 44.7 Å². The maximum Gasteiger partial charge on any atom is 0.236 e. The Morgan fingerprint density at radius 2 is 1.73 bits per heavy atom. The molecule has 6 rings (SSSR count). The fraction of sp³-hybridized carbons (Fsp3) is 0.419. The van der Waals surface area contributed by atoms with E-state index in [-0.39, 0.29) is 29.8 Å². The first kappa shape index (κ1) is 24.4. The van der Waals surface area contributed by atoms with Crippen LogP contribution in [0.15, 0.2) is 66.0 Å². The van der Waals surface area contributed by atoms with Crippen molar-refractivity contribution in [3.63, 3.8) is 0 Å². The van der Waals surface area contributed by atoms with E-state index < -0.39 is 0 Å². The third-order valence-corrected chi connectivity index (χ3v) is 9.39. The van der Waals surface area contributed by atoms with Gasteiger partial charge in [0.2, 0.25) is 11.8 Å². The highest BCUT2D eigenvalue weighted by atomic mass is 32.1. The maximum absolute atomic E-state index is 13.5. The summed E-state index contributed by atoms with van der Waals surface area (Å²) in [5, 5.41) is 2.18. The quantitative estimate of drug-likeness (QED) is 0.489. The van der Waals surface area contributed by atoms with Gasteiger partial charge in [0, 0.05) is 43.0 Å². The average Bonchev–Trinajstić information content (AvgIpc) is 3.58. The molecule has 4 atom stereocenters. The van der Waals surface area contributed by atoms with Gasteiger partial charge < -0.3 is 9.80 Å². The zero-order chi connectivity index (χ0) is 25.5. The van der Waals surface area contributed by atoms with Crippen molar-refractivity contribution in [1.29, 1.82) is 0 Å². The molecule has 0 spiro atoms. The molecule has 2 amide bonds. The average molecular weight is 514 g/mol. The van der Waals surface area contributed by atoms with Crippen LogP contribution < -0.4 is 0 Å². The summed E-state index contributed by atoms with van der Waals surface area (Å²) in [7, 11) is 0. The smallest absolute Gasteiger partial charge is 0.236 e. The Balaban J connectivity index is 1.10.